The number of benzene rings is 3. The Bertz CT molecular complexity index is 1200. The maximum absolute atomic E-state index is 11.3. The summed E-state index contributed by atoms with van der Waals surface area (Å²) in [5.41, 5.74) is 4.29. The summed E-state index contributed by atoms with van der Waals surface area (Å²) in [6.07, 6.45) is 3.57. The van der Waals surface area contributed by atoms with E-state index in [1.807, 2.05) is 19.1 Å². The van der Waals surface area contributed by atoms with Gasteiger partial charge in [0.15, 0.2) is 0 Å². The molecular formula is C31H47BCl2N2O3. The Balaban J connectivity index is 0.000000650. The molecule has 0 aliphatic heterocycles. The number of quaternary nitrogens is 2. The standard InChI is InChI=1S/C23H23BCl2O3.2C4H12N/c1-4-5-8-17-12-11-16-9-6-7-10-18(16)19(17)13-20-22(26)14(2)21(25)15(3)23(20)29-24(27)28;2*1-5(2,3)4/h6-7,9-12H,4-5,8,13H2,1-3H3;2*1-4H3/q-2;2*+1. The fourth-order valence-electron chi connectivity index (χ4n) is 3.81. The van der Waals surface area contributed by atoms with E-state index in [-0.39, 0.29) is 5.75 Å². The Hall–Kier alpha value is -1.80. The topological polar surface area (TPSA) is 55.3 Å². The normalized spacial score (nSPS) is 11.4. The molecule has 0 spiro atoms. The summed E-state index contributed by atoms with van der Waals surface area (Å²) in [5, 5.41) is 25.8. The van der Waals surface area contributed by atoms with Crippen molar-refractivity contribution >= 4 is 41.3 Å². The zero-order valence-corrected chi connectivity index (χ0v) is 27.3. The molecule has 3 rings (SSSR count). The highest BCUT2D eigenvalue weighted by Gasteiger charge is 2.20. The third kappa shape index (κ3) is 12.5. The van der Waals surface area contributed by atoms with Gasteiger partial charge in [0, 0.05) is 17.5 Å². The van der Waals surface area contributed by atoms with E-state index in [0.717, 1.165) is 50.1 Å². The lowest BCUT2D eigenvalue weighted by molar-refractivity contribution is -0.849. The van der Waals surface area contributed by atoms with Crippen molar-refractivity contribution in [3.63, 3.8) is 0 Å². The van der Waals surface area contributed by atoms with Crippen molar-refractivity contribution in [2.24, 2.45) is 0 Å². The molecule has 0 atom stereocenters. The molecule has 0 unspecified atom stereocenters. The lowest BCUT2D eigenvalue weighted by Crippen LogP contribution is -2.50. The number of unbranched alkanes of at least 4 members (excludes halogenated alkanes) is 1. The lowest BCUT2D eigenvalue weighted by Gasteiger charge is -2.31. The monoisotopic (exact) mass is 576 g/mol. The Labute approximate surface area is 247 Å². The summed E-state index contributed by atoms with van der Waals surface area (Å²) < 4.78 is 7.12. The van der Waals surface area contributed by atoms with E-state index in [4.69, 9.17) is 27.9 Å². The molecule has 3 aromatic rings. The molecule has 3 aromatic carbocycles. The van der Waals surface area contributed by atoms with E-state index in [0.29, 0.717) is 27.6 Å². The number of halogens is 2. The van der Waals surface area contributed by atoms with Crippen LogP contribution in [0.5, 0.6) is 5.75 Å². The van der Waals surface area contributed by atoms with Crippen molar-refractivity contribution in [2.45, 2.75) is 46.5 Å². The van der Waals surface area contributed by atoms with Crippen molar-refractivity contribution in [1.82, 2.24) is 0 Å². The van der Waals surface area contributed by atoms with Gasteiger partial charge >= 0.3 is 0 Å². The van der Waals surface area contributed by atoms with Crippen molar-refractivity contribution in [2.75, 3.05) is 56.4 Å². The summed E-state index contributed by atoms with van der Waals surface area (Å²) in [4.78, 5) is 0. The minimum atomic E-state index is -2.45. The van der Waals surface area contributed by atoms with Gasteiger partial charge in [0.25, 0.3) is 0 Å². The molecule has 0 fully saturated rings. The van der Waals surface area contributed by atoms with Crippen LogP contribution in [0.1, 0.15) is 47.6 Å². The van der Waals surface area contributed by atoms with Crippen molar-refractivity contribution in [3.05, 3.63) is 74.3 Å². The second kappa shape index (κ2) is 15.3. The average Bonchev–Trinajstić information content (AvgIpc) is 2.80. The molecule has 8 heteroatoms. The molecule has 0 aliphatic carbocycles. The van der Waals surface area contributed by atoms with E-state index in [2.05, 4.69) is 87.6 Å². The second-order valence-electron chi connectivity index (χ2n) is 12.7. The minimum absolute atomic E-state index is 0.204. The maximum Gasteiger partial charge on any atom is 0.133 e. The molecule has 0 N–H and O–H groups in total. The van der Waals surface area contributed by atoms with Crippen LogP contribution in [-0.4, -0.2) is 72.7 Å². The lowest BCUT2D eigenvalue weighted by atomic mass is 9.89. The molecule has 5 nitrogen and oxygen atoms in total. The third-order valence-corrected chi connectivity index (χ3v) is 6.45. The quantitative estimate of drug-likeness (QED) is 0.278. The third-order valence-electron chi connectivity index (χ3n) is 5.37. The van der Waals surface area contributed by atoms with Crippen LogP contribution in [0.15, 0.2) is 36.4 Å². The number of aryl methyl sites for hydroxylation is 1. The number of rotatable bonds is 7. The van der Waals surface area contributed by atoms with E-state index in [1.165, 1.54) is 5.56 Å². The molecule has 0 aliphatic rings. The number of hydrogen-bond donors (Lipinski definition) is 0. The van der Waals surface area contributed by atoms with E-state index < -0.39 is 7.32 Å². The van der Waals surface area contributed by atoms with Gasteiger partial charge in [-0.3, -0.25) is 0 Å². The van der Waals surface area contributed by atoms with Gasteiger partial charge in [0.05, 0.1) is 66.4 Å². The van der Waals surface area contributed by atoms with Crippen molar-refractivity contribution in [3.8, 4) is 5.75 Å². The number of fused-ring (bicyclic) bond motifs is 1. The van der Waals surface area contributed by atoms with Gasteiger partial charge in [0.2, 0.25) is 0 Å². The van der Waals surface area contributed by atoms with Gasteiger partial charge in [-0.15, -0.1) is 0 Å². The number of hydrogen-bond acceptors (Lipinski definition) is 3. The van der Waals surface area contributed by atoms with Gasteiger partial charge in [-0.2, -0.15) is 0 Å². The van der Waals surface area contributed by atoms with Gasteiger partial charge < -0.3 is 23.7 Å². The van der Waals surface area contributed by atoms with Gasteiger partial charge in [0.1, 0.15) is 13.1 Å². The Kier molecular flexibility index (Phi) is 13.8. The van der Waals surface area contributed by atoms with Gasteiger partial charge in [-0.1, -0.05) is 72.9 Å². The molecular weight excluding hydrogens is 530 g/mol. The van der Waals surface area contributed by atoms with Crippen molar-refractivity contribution < 1.29 is 23.7 Å². The van der Waals surface area contributed by atoms with Crippen LogP contribution in [0, 0.1) is 13.8 Å². The van der Waals surface area contributed by atoms with Gasteiger partial charge in [-0.05, 0) is 54.2 Å². The summed E-state index contributed by atoms with van der Waals surface area (Å²) in [7, 11) is 14.6. The SMILES string of the molecule is CCCCc1ccc2ccccc2c1Cc1c(Cl)c(C)c(Cl)c(C)c1OB([O-])[O-].C[N+](C)(C)C.C[N+](C)(C)C. The highest BCUT2D eigenvalue weighted by Crippen LogP contribution is 2.41. The van der Waals surface area contributed by atoms with Crippen LogP contribution >= 0.6 is 23.2 Å². The number of nitrogens with zero attached hydrogens (tertiary/aromatic N) is 2. The van der Waals surface area contributed by atoms with Crippen LogP contribution in [0.25, 0.3) is 10.8 Å². The smallest absolute Gasteiger partial charge is 0.133 e. The summed E-state index contributed by atoms with van der Waals surface area (Å²) in [5.74, 6) is 0.204. The van der Waals surface area contributed by atoms with Crippen LogP contribution in [0.4, 0.5) is 0 Å². The molecule has 0 heterocycles. The van der Waals surface area contributed by atoms with Crippen LogP contribution < -0.4 is 14.7 Å². The molecule has 0 aromatic heterocycles. The summed E-state index contributed by atoms with van der Waals surface area (Å²) in [6.45, 7) is 5.74. The predicted molar refractivity (Wildman–Crippen MR) is 166 cm³/mol. The first-order valence-corrected chi connectivity index (χ1v) is 14.1. The summed E-state index contributed by atoms with van der Waals surface area (Å²) in [6, 6.07) is 12.5. The largest absolute Gasteiger partial charge is 0.860 e. The molecule has 216 valence electrons. The molecule has 39 heavy (non-hydrogen) atoms. The highest BCUT2D eigenvalue weighted by atomic mass is 35.5. The van der Waals surface area contributed by atoms with Gasteiger partial charge in [-0.25, -0.2) is 0 Å². The average molecular weight is 577 g/mol. The highest BCUT2D eigenvalue weighted by molar-refractivity contribution is 6.37. The van der Waals surface area contributed by atoms with E-state index >= 15 is 0 Å². The second-order valence-corrected chi connectivity index (χ2v) is 13.4. The Morgan fingerprint density at radius 1 is 0.769 bits per heavy atom. The molecule has 0 radical (unpaired) electrons. The Morgan fingerprint density at radius 2 is 1.31 bits per heavy atom. The van der Waals surface area contributed by atoms with Crippen LogP contribution in [0.3, 0.4) is 0 Å². The zero-order chi connectivity index (χ0) is 30.1. The van der Waals surface area contributed by atoms with Crippen molar-refractivity contribution in [1.29, 1.82) is 0 Å². The minimum Gasteiger partial charge on any atom is -0.860 e. The van der Waals surface area contributed by atoms with E-state index in [9.17, 15) is 10.0 Å². The fourth-order valence-corrected chi connectivity index (χ4v) is 4.29. The first kappa shape index (κ1) is 35.2. The molecule has 0 amide bonds. The maximum atomic E-state index is 11.3. The fraction of sp³-hybridized carbons (Fsp3) is 0.484. The van der Waals surface area contributed by atoms with Crippen LogP contribution in [-0.2, 0) is 12.8 Å². The zero-order valence-electron chi connectivity index (χ0n) is 25.7. The first-order chi connectivity index (χ1) is 17.8. The first-order valence-electron chi connectivity index (χ1n) is 13.4. The Morgan fingerprint density at radius 3 is 1.82 bits per heavy atom. The molecule has 0 saturated heterocycles. The predicted octanol–water partition coefficient (Wildman–Crippen LogP) is 5.43. The summed E-state index contributed by atoms with van der Waals surface area (Å²) >= 11 is 13.0. The molecule has 0 bridgehead atoms. The van der Waals surface area contributed by atoms with E-state index in [1.54, 1.807) is 6.92 Å². The molecule has 0 saturated carbocycles. The van der Waals surface area contributed by atoms with Crippen LogP contribution in [0.2, 0.25) is 10.0 Å².